The maximum Gasteiger partial charge on any atom is 0.127 e. The summed E-state index contributed by atoms with van der Waals surface area (Å²) in [6, 6.07) is 0. The van der Waals surface area contributed by atoms with Gasteiger partial charge in [0, 0.05) is 11.1 Å². The summed E-state index contributed by atoms with van der Waals surface area (Å²) in [7, 11) is 0. The number of allylic oxidation sites excluding steroid dienone is 4. The average Bonchev–Trinajstić information content (AvgIpc) is 2.57. The molecule has 0 bridgehead atoms. The van der Waals surface area contributed by atoms with Gasteiger partial charge in [-0.05, 0) is 97.1 Å². The lowest BCUT2D eigenvalue weighted by molar-refractivity contribution is -0.0258. The molecule has 1 aliphatic heterocycles. The Kier molecular flexibility index (Phi) is 5.50. The second-order valence-corrected chi connectivity index (χ2v) is 8.60. The topological polar surface area (TPSA) is 29.5 Å². The van der Waals surface area contributed by atoms with Crippen molar-refractivity contribution in [2.75, 3.05) is 0 Å². The minimum Gasteiger partial charge on any atom is -0.507 e. The van der Waals surface area contributed by atoms with E-state index >= 15 is 0 Å². The van der Waals surface area contributed by atoms with E-state index in [9.17, 15) is 5.11 Å². The molecule has 0 amide bonds. The first kappa shape index (κ1) is 19.1. The first-order valence-electron chi connectivity index (χ1n) is 10.1. The van der Waals surface area contributed by atoms with E-state index in [1.54, 1.807) is 0 Å². The van der Waals surface area contributed by atoms with Crippen molar-refractivity contribution in [1.29, 1.82) is 0 Å². The summed E-state index contributed by atoms with van der Waals surface area (Å²) in [6.45, 7) is 10.6. The zero-order chi connectivity index (χ0) is 18.9. The molecule has 2 nitrogen and oxygen atoms in total. The summed E-state index contributed by atoms with van der Waals surface area (Å²) in [5.41, 5.74) is 7.28. The zero-order valence-corrected chi connectivity index (χ0v) is 17.2. The molecular weight excluding hydrogens is 320 g/mol. The van der Waals surface area contributed by atoms with Gasteiger partial charge in [-0.25, -0.2) is 0 Å². The predicted molar refractivity (Wildman–Crippen MR) is 109 cm³/mol. The highest BCUT2D eigenvalue weighted by atomic mass is 16.5. The van der Waals surface area contributed by atoms with Crippen LogP contribution in [0.5, 0.6) is 11.5 Å². The summed E-state index contributed by atoms with van der Waals surface area (Å²) in [5.74, 6) is 1.54. The molecular formula is C24H34O2. The molecule has 0 radical (unpaired) electrons. The molecule has 1 spiro atoms. The van der Waals surface area contributed by atoms with Crippen LogP contribution in [-0.2, 0) is 12.8 Å². The molecule has 2 heteroatoms. The van der Waals surface area contributed by atoms with Gasteiger partial charge in [0.25, 0.3) is 0 Å². The van der Waals surface area contributed by atoms with E-state index in [1.165, 1.54) is 36.0 Å². The number of rotatable bonds is 5. The molecule has 0 atom stereocenters. The van der Waals surface area contributed by atoms with Gasteiger partial charge in [-0.1, -0.05) is 23.3 Å². The molecule has 0 unspecified atom stereocenters. The van der Waals surface area contributed by atoms with Crippen molar-refractivity contribution in [1.82, 2.24) is 0 Å². The highest BCUT2D eigenvalue weighted by Crippen LogP contribution is 2.49. The Morgan fingerprint density at radius 3 is 2.42 bits per heavy atom. The van der Waals surface area contributed by atoms with Crippen LogP contribution in [0.4, 0.5) is 0 Å². The van der Waals surface area contributed by atoms with E-state index in [0.29, 0.717) is 5.75 Å². The van der Waals surface area contributed by atoms with Gasteiger partial charge in [0.1, 0.15) is 17.1 Å². The largest absolute Gasteiger partial charge is 0.507 e. The number of hydrogen-bond donors (Lipinski definition) is 1. The number of ether oxygens (including phenoxy) is 1. The SMILES string of the molecule is CC(C)=CCC/C(C)=C/Cc1c(C)c2c(c(C)c1O)CCC1(CCC1)O2. The summed E-state index contributed by atoms with van der Waals surface area (Å²) in [5, 5.41) is 10.8. The van der Waals surface area contributed by atoms with E-state index in [0.717, 1.165) is 54.5 Å². The summed E-state index contributed by atoms with van der Waals surface area (Å²) in [6.07, 6.45) is 13.3. The Labute approximate surface area is 159 Å². The number of phenolic OH excluding ortho intramolecular Hbond substituents is 1. The van der Waals surface area contributed by atoms with Crippen molar-refractivity contribution in [2.24, 2.45) is 0 Å². The molecule has 26 heavy (non-hydrogen) atoms. The second kappa shape index (κ2) is 7.50. The molecule has 1 saturated carbocycles. The Bertz CT molecular complexity index is 744. The Morgan fingerprint density at radius 1 is 1.08 bits per heavy atom. The van der Waals surface area contributed by atoms with Gasteiger partial charge in [-0.3, -0.25) is 0 Å². The predicted octanol–water partition coefficient (Wildman–Crippen LogP) is 6.49. The van der Waals surface area contributed by atoms with E-state index in [1.807, 2.05) is 6.92 Å². The minimum absolute atomic E-state index is 0.0918. The van der Waals surface area contributed by atoms with Crippen molar-refractivity contribution in [2.45, 2.75) is 91.6 Å². The number of phenols is 1. The van der Waals surface area contributed by atoms with Gasteiger partial charge >= 0.3 is 0 Å². The average molecular weight is 355 g/mol. The number of fused-ring (bicyclic) bond motifs is 1. The van der Waals surface area contributed by atoms with E-state index in [4.69, 9.17) is 4.74 Å². The van der Waals surface area contributed by atoms with Crippen molar-refractivity contribution >= 4 is 0 Å². The molecule has 1 aromatic rings. The second-order valence-electron chi connectivity index (χ2n) is 8.60. The van der Waals surface area contributed by atoms with Gasteiger partial charge < -0.3 is 9.84 Å². The normalized spacial score (nSPS) is 18.1. The fraction of sp³-hybridized carbons (Fsp3) is 0.583. The molecule has 0 saturated heterocycles. The lowest BCUT2D eigenvalue weighted by atomic mass is 9.73. The van der Waals surface area contributed by atoms with Crippen molar-refractivity contribution in [3.8, 4) is 11.5 Å². The van der Waals surface area contributed by atoms with Crippen LogP contribution in [-0.4, -0.2) is 10.7 Å². The van der Waals surface area contributed by atoms with E-state index < -0.39 is 0 Å². The van der Waals surface area contributed by atoms with Gasteiger partial charge in [0.15, 0.2) is 0 Å². The van der Waals surface area contributed by atoms with Crippen LogP contribution in [0, 0.1) is 13.8 Å². The molecule has 1 N–H and O–H groups in total. The zero-order valence-electron chi connectivity index (χ0n) is 17.2. The molecule has 3 rings (SSSR count). The molecule has 1 aromatic carbocycles. The summed E-state index contributed by atoms with van der Waals surface area (Å²) >= 11 is 0. The third kappa shape index (κ3) is 3.70. The van der Waals surface area contributed by atoms with Crippen LogP contribution >= 0.6 is 0 Å². The first-order chi connectivity index (χ1) is 12.3. The molecule has 142 valence electrons. The smallest absolute Gasteiger partial charge is 0.127 e. The highest BCUT2D eigenvalue weighted by molar-refractivity contribution is 5.59. The third-order valence-electron chi connectivity index (χ3n) is 6.32. The molecule has 1 fully saturated rings. The summed E-state index contributed by atoms with van der Waals surface area (Å²) < 4.78 is 6.52. The quantitative estimate of drug-likeness (QED) is 0.612. The van der Waals surface area contributed by atoms with Gasteiger partial charge in [-0.2, -0.15) is 0 Å². The van der Waals surface area contributed by atoms with Gasteiger partial charge in [0.05, 0.1) is 0 Å². The van der Waals surface area contributed by atoms with Gasteiger partial charge in [0.2, 0.25) is 0 Å². The standard InChI is InChI=1S/C24H34O2/c1-16(2)8-6-9-17(3)10-11-20-19(5)23-21(18(4)22(20)25)12-15-24(26-23)13-7-14-24/h8,10,25H,6-7,9,11-15H2,1-5H3/b17-10+. The number of hydrogen-bond acceptors (Lipinski definition) is 2. The third-order valence-corrected chi connectivity index (χ3v) is 6.32. The van der Waals surface area contributed by atoms with Crippen LogP contribution in [0.15, 0.2) is 23.3 Å². The van der Waals surface area contributed by atoms with Crippen LogP contribution in [0.1, 0.15) is 81.5 Å². The van der Waals surface area contributed by atoms with Crippen molar-refractivity contribution < 1.29 is 9.84 Å². The maximum atomic E-state index is 10.8. The molecule has 2 aliphatic rings. The fourth-order valence-electron chi connectivity index (χ4n) is 4.28. The maximum absolute atomic E-state index is 10.8. The molecule has 1 heterocycles. The molecule has 1 aliphatic carbocycles. The van der Waals surface area contributed by atoms with E-state index in [2.05, 4.69) is 39.8 Å². The Balaban J connectivity index is 1.83. The monoisotopic (exact) mass is 354 g/mol. The first-order valence-corrected chi connectivity index (χ1v) is 10.1. The van der Waals surface area contributed by atoms with Gasteiger partial charge in [-0.15, -0.1) is 0 Å². The van der Waals surface area contributed by atoms with Crippen LogP contribution in [0.25, 0.3) is 0 Å². The Hall–Kier alpha value is -1.70. The van der Waals surface area contributed by atoms with E-state index in [-0.39, 0.29) is 5.60 Å². The van der Waals surface area contributed by atoms with Crippen molar-refractivity contribution in [3.05, 3.63) is 45.6 Å². The lowest BCUT2D eigenvalue weighted by Crippen LogP contribution is -2.46. The molecule has 0 aromatic heterocycles. The highest BCUT2D eigenvalue weighted by Gasteiger charge is 2.43. The van der Waals surface area contributed by atoms with Crippen molar-refractivity contribution in [3.63, 3.8) is 0 Å². The minimum atomic E-state index is 0.0918. The Morgan fingerprint density at radius 2 is 1.81 bits per heavy atom. The lowest BCUT2D eigenvalue weighted by Gasteiger charge is -2.46. The summed E-state index contributed by atoms with van der Waals surface area (Å²) in [4.78, 5) is 0. The number of benzene rings is 1. The fourth-order valence-corrected chi connectivity index (χ4v) is 4.28. The van der Waals surface area contributed by atoms with Crippen LogP contribution < -0.4 is 4.74 Å². The van der Waals surface area contributed by atoms with Crippen LogP contribution in [0.3, 0.4) is 0 Å². The number of aromatic hydroxyl groups is 1. The van der Waals surface area contributed by atoms with Crippen LogP contribution in [0.2, 0.25) is 0 Å².